The Bertz CT molecular complexity index is 2020. The maximum atomic E-state index is 13.8. The molecule has 5 heterocycles. The number of aromatic hydroxyl groups is 2. The summed E-state index contributed by atoms with van der Waals surface area (Å²) in [5.41, 5.74) is 3.71. The lowest BCUT2D eigenvalue weighted by Crippen LogP contribution is -2.68. The third kappa shape index (κ3) is 4.07. The average Bonchev–Trinajstić information content (AvgIpc) is 3.66. The number of carbonyl (C=O) groups excluding carboxylic acids is 3. The van der Waals surface area contributed by atoms with Crippen LogP contribution in [0.5, 0.6) is 34.5 Å². The number of ether oxygens (including phenoxy) is 4. The molecule has 1 saturated heterocycles. The van der Waals surface area contributed by atoms with Crippen molar-refractivity contribution in [2.75, 3.05) is 27.5 Å². The number of phenols is 2. The molecule has 0 saturated carbocycles. The standard InChI is InChI=1S/C36H34N4O9/c1-15-29(42)20-10-22-24(12-37)40-23(28(38(22)4)27(20)30(43)32(15)46-5)11-21-26(34-33(47-14-48-34)16(2)31(21)49-17(3)41)25(40)13-39-35(44)18-8-6-7-9-19(18)36(39)45/h6-9,22-25,28,42-43H,10-11,13-14H2,1-5H3/t22?,23?,24?,25-,28?/m0/s1. The first-order valence-corrected chi connectivity index (χ1v) is 16.1. The van der Waals surface area contributed by atoms with Crippen molar-refractivity contribution in [3.63, 3.8) is 0 Å². The van der Waals surface area contributed by atoms with E-state index in [9.17, 15) is 29.9 Å². The number of piperazine rings is 1. The molecule has 49 heavy (non-hydrogen) atoms. The number of likely N-dealkylation sites (N-methyl/N-ethyl adjacent to an activating group) is 1. The summed E-state index contributed by atoms with van der Waals surface area (Å²) in [4.78, 5) is 45.4. The lowest BCUT2D eigenvalue weighted by molar-refractivity contribution is -0.132. The molecule has 5 atom stereocenters. The Morgan fingerprint density at radius 1 is 0.959 bits per heavy atom. The van der Waals surface area contributed by atoms with E-state index in [1.165, 1.54) is 18.9 Å². The second-order valence-corrected chi connectivity index (χ2v) is 13.2. The molecule has 3 aromatic rings. The van der Waals surface area contributed by atoms with Crippen molar-refractivity contribution < 1.29 is 43.5 Å². The number of methoxy groups -OCH3 is 1. The van der Waals surface area contributed by atoms with Crippen LogP contribution in [-0.2, 0) is 17.6 Å². The van der Waals surface area contributed by atoms with Gasteiger partial charge in [-0.25, -0.2) is 0 Å². The summed E-state index contributed by atoms with van der Waals surface area (Å²) >= 11 is 0. The summed E-state index contributed by atoms with van der Waals surface area (Å²) < 4.78 is 23.4. The van der Waals surface area contributed by atoms with Crippen molar-refractivity contribution in [3.8, 4) is 40.6 Å². The molecule has 2 N–H and O–H groups in total. The minimum atomic E-state index is -0.811. The predicted octanol–water partition coefficient (Wildman–Crippen LogP) is 3.44. The molecular formula is C36H34N4O9. The number of carbonyl (C=O) groups is 3. The van der Waals surface area contributed by atoms with Crippen LogP contribution in [0.2, 0.25) is 0 Å². The van der Waals surface area contributed by atoms with Gasteiger partial charge in [-0.15, -0.1) is 0 Å². The molecule has 0 aliphatic carbocycles. The monoisotopic (exact) mass is 666 g/mol. The normalized spacial score (nSPS) is 24.9. The molecule has 0 radical (unpaired) electrons. The molecule has 8 rings (SSSR count). The van der Waals surface area contributed by atoms with Gasteiger partial charge in [-0.1, -0.05) is 12.1 Å². The molecule has 252 valence electrons. The van der Waals surface area contributed by atoms with Crippen LogP contribution in [0.1, 0.15) is 73.1 Å². The topological polar surface area (TPSA) is 162 Å². The molecule has 2 amide bonds. The van der Waals surface area contributed by atoms with Crippen molar-refractivity contribution in [2.45, 2.75) is 63.8 Å². The minimum absolute atomic E-state index is 0.00325. The largest absolute Gasteiger partial charge is 0.507 e. The van der Waals surface area contributed by atoms with E-state index in [0.29, 0.717) is 56.0 Å². The maximum Gasteiger partial charge on any atom is 0.308 e. The number of imide groups is 1. The second kappa shape index (κ2) is 10.8. The second-order valence-electron chi connectivity index (χ2n) is 13.2. The summed E-state index contributed by atoms with van der Waals surface area (Å²) in [6.45, 7) is 4.51. The number of benzene rings is 3. The van der Waals surface area contributed by atoms with Crippen LogP contribution in [0.25, 0.3) is 0 Å². The van der Waals surface area contributed by atoms with Crippen LogP contribution in [0.3, 0.4) is 0 Å². The van der Waals surface area contributed by atoms with E-state index < -0.39 is 48.0 Å². The fraction of sp³-hybridized carbons (Fsp3) is 0.389. The third-order valence-corrected chi connectivity index (χ3v) is 10.9. The van der Waals surface area contributed by atoms with Gasteiger partial charge in [0.05, 0.1) is 36.4 Å². The molecule has 5 aliphatic heterocycles. The first-order chi connectivity index (χ1) is 23.5. The number of hydrogen-bond acceptors (Lipinski definition) is 12. The molecule has 0 aromatic heterocycles. The smallest absolute Gasteiger partial charge is 0.308 e. The van der Waals surface area contributed by atoms with E-state index in [-0.39, 0.29) is 49.2 Å². The highest BCUT2D eigenvalue weighted by Gasteiger charge is 2.58. The number of fused-ring (bicyclic) bond motifs is 10. The minimum Gasteiger partial charge on any atom is -0.507 e. The van der Waals surface area contributed by atoms with Crippen LogP contribution in [0, 0.1) is 25.2 Å². The average molecular weight is 667 g/mol. The zero-order valence-corrected chi connectivity index (χ0v) is 27.6. The summed E-state index contributed by atoms with van der Waals surface area (Å²) in [5, 5.41) is 34.1. The molecule has 13 nitrogen and oxygen atoms in total. The fourth-order valence-electron chi connectivity index (χ4n) is 8.91. The van der Waals surface area contributed by atoms with E-state index >= 15 is 0 Å². The van der Waals surface area contributed by atoms with E-state index in [2.05, 4.69) is 6.07 Å². The van der Waals surface area contributed by atoms with E-state index in [4.69, 9.17) is 18.9 Å². The molecular weight excluding hydrogens is 632 g/mol. The summed E-state index contributed by atoms with van der Waals surface area (Å²) in [6.07, 6.45) is 0.467. The van der Waals surface area contributed by atoms with Gasteiger partial charge in [0.25, 0.3) is 11.8 Å². The van der Waals surface area contributed by atoms with Gasteiger partial charge in [0, 0.05) is 58.9 Å². The van der Waals surface area contributed by atoms with Crippen molar-refractivity contribution in [2.24, 2.45) is 0 Å². The van der Waals surface area contributed by atoms with Crippen molar-refractivity contribution in [3.05, 3.63) is 68.8 Å². The van der Waals surface area contributed by atoms with Gasteiger partial charge in [0.15, 0.2) is 23.0 Å². The lowest BCUT2D eigenvalue weighted by Gasteiger charge is -2.60. The maximum absolute atomic E-state index is 13.8. The first-order valence-electron chi connectivity index (χ1n) is 16.1. The highest BCUT2D eigenvalue weighted by Crippen LogP contribution is 2.59. The van der Waals surface area contributed by atoms with Crippen LogP contribution in [0.15, 0.2) is 24.3 Å². The summed E-state index contributed by atoms with van der Waals surface area (Å²) in [7, 11) is 3.31. The molecule has 13 heteroatoms. The van der Waals surface area contributed by atoms with Gasteiger partial charge in [-0.2, -0.15) is 5.26 Å². The number of amides is 2. The van der Waals surface area contributed by atoms with Gasteiger partial charge in [-0.3, -0.25) is 29.1 Å². The molecule has 3 aromatic carbocycles. The van der Waals surface area contributed by atoms with Gasteiger partial charge in [0.1, 0.15) is 17.5 Å². The Kier molecular flexibility index (Phi) is 6.86. The summed E-state index contributed by atoms with van der Waals surface area (Å²) in [6, 6.07) is 5.92. The van der Waals surface area contributed by atoms with Crippen LogP contribution in [-0.4, -0.2) is 88.3 Å². The van der Waals surface area contributed by atoms with Crippen LogP contribution < -0.4 is 18.9 Å². The fourth-order valence-corrected chi connectivity index (χ4v) is 8.91. The Labute approximate surface area is 281 Å². The zero-order valence-electron chi connectivity index (χ0n) is 27.6. The van der Waals surface area contributed by atoms with Crippen molar-refractivity contribution in [1.29, 1.82) is 5.26 Å². The van der Waals surface area contributed by atoms with Crippen molar-refractivity contribution in [1.82, 2.24) is 14.7 Å². The number of rotatable bonds is 4. The van der Waals surface area contributed by atoms with Gasteiger partial charge in [-0.05, 0) is 45.9 Å². The molecule has 1 fully saturated rings. The number of phenolic OH excluding ortho intramolecular Hbond substituents is 2. The molecule has 2 bridgehead atoms. The Hall–Kier alpha value is -5.32. The highest BCUT2D eigenvalue weighted by molar-refractivity contribution is 6.21. The molecule has 5 aliphatic rings. The van der Waals surface area contributed by atoms with E-state index in [1.807, 2.05) is 16.8 Å². The Balaban J connectivity index is 1.39. The number of nitriles is 1. The number of hydrogen-bond donors (Lipinski definition) is 2. The number of nitrogens with zero attached hydrogens (tertiary/aromatic N) is 4. The van der Waals surface area contributed by atoms with Crippen molar-refractivity contribution >= 4 is 17.8 Å². The Morgan fingerprint density at radius 3 is 2.24 bits per heavy atom. The Morgan fingerprint density at radius 2 is 1.61 bits per heavy atom. The van der Waals surface area contributed by atoms with E-state index in [0.717, 1.165) is 0 Å². The van der Waals surface area contributed by atoms with Crippen LogP contribution >= 0.6 is 0 Å². The van der Waals surface area contributed by atoms with Crippen LogP contribution in [0.4, 0.5) is 0 Å². The number of esters is 1. The highest BCUT2D eigenvalue weighted by atomic mass is 16.7. The quantitative estimate of drug-likeness (QED) is 0.181. The zero-order chi connectivity index (χ0) is 34.6. The van der Waals surface area contributed by atoms with Gasteiger partial charge >= 0.3 is 5.97 Å². The predicted molar refractivity (Wildman–Crippen MR) is 171 cm³/mol. The molecule has 4 unspecified atom stereocenters. The first kappa shape index (κ1) is 31.0. The summed E-state index contributed by atoms with van der Waals surface area (Å²) in [5.74, 6) is -0.357. The SMILES string of the molecule is COc1c(C)c(O)c2c(c1O)C1C3Cc4c(OC(C)=O)c(C)c5c(c4[C@H](CN4C(=O)c6ccccc6C4=O)N3C(C#N)C(C2)N1C)OCO5. The third-order valence-electron chi connectivity index (χ3n) is 10.9. The molecule has 0 spiro atoms. The van der Waals surface area contributed by atoms with Gasteiger partial charge < -0.3 is 29.2 Å². The van der Waals surface area contributed by atoms with Gasteiger partial charge in [0.2, 0.25) is 6.79 Å². The van der Waals surface area contributed by atoms with E-state index in [1.54, 1.807) is 38.1 Å². The lowest BCUT2D eigenvalue weighted by atomic mass is 9.71.